The van der Waals surface area contributed by atoms with Crippen molar-refractivity contribution in [2.24, 2.45) is 0 Å². The van der Waals surface area contributed by atoms with Crippen LogP contribution >= 0.6 is 0 Å². The summed E-state index contributed by atoms with van der Waals surface area (Å²) in [6.07, 6.45) is 3.94. The maximum atomic E-state index is 12.8. The van der Waals surface area contributed by atoms with Crippen LogP contribution in [0, 0.1) is 0 Å². The third kappa shape index (κ3) is 4.42. The SMILES string of the molecule is COc1ccc(CNC(=O)c2cncc3c2CCN(C(=O)N(C)C)C3)cc1OC. The van der Waals surface area contributed by atoms with E-state index in [4.69, 9.17) is 9.47 Å². The summed E-state index contributed by atoms with van der Waals surface area (Å²) in [5.74, 6) is 1.07. The average Bonchev–Trinajstić information content (AvgIpc) is 2.75. The van der Waals surface area contributed by atoms with Crippen molar-refractivity contribution in [2.45, 2.75) is 19.5 Å². The van der Waals surface area contributed by atoms with Gasteiger partial charge in [0, 0.05) is 46.1 Å². The lowest BCUT2D eigenvalue weighted by Crippen LogP contribution is -2.42. The predicted molar refractivity (Wildman–Crippen MR) is 108 cm³/mol. The number of carbonyl (C=O) groups is 2. The lowest BCUT2D eigenvalue weighted by molar-refractivity contribution is 0.0948. The first kappa shape index (κ1) is 20.4. The minimum atomic E-state index is -0.184. The van der Waals surface area contributed by atoms with Crippen molar-refractivity contribution in [1.29, 1.82) is 0 Å². The van der Waals surface area contributed by atoms with Gasteiger partial charge in [-0.25, -0.2) is 4.79 Å². The standard InChI is InChI=1S/C21H26N4O4/c1-24(2)21(27)25-8-7-16-15(13-25)11-22-12-17(16)20(26)23-10-14-5-6-18(28-3)19(9-14)29-4/h5-6,9,11-12H,7-8,10,13H2,1-4H3,(H,23,26). The summed E-state index contributed by atoms with van der Waals surface area (Å²) in [6, 6.07) is 5.48. The number of pyridine rings is 1. The Morgan fingerprint density at radius 3 is 2.62 bits per heavy atom. The van der Waals surface area contributed by atoms with Crippen LogP contribution in [0.25, 0.3) is 0 Å². The molecule has 1 aliphatic rings. The van der Waals surface area contributed by atoms with E-state index in [1.165, 1.54) is 0 Å². The van der Waals surface area contributed by atoms with Gasteiger partial charge in [-0.2, -0.15) is 0 Å². The Morgan fingerprint density at radius 1 is 1.17 bits per heavy atom. The normalized spacial score (nSPS) is 12.8. The van der Waals surface area contributed by atoms with Crippen molar-refractivity contribution < 1.29 is 19.1 Å². The van der Waals surface area contributed by atoms with E-state index >= 15 is 0 Å². The van der Waals surface area contributed by atoms with Crippen molar-refractivity contribution in [3.63, 3.8) is 0 Å². The zero-order valence-corrected chi connectivity index (χ0v) is 17.2. The minimum absolute atomic E-state index is 0.0426. The molecular formula is C21H26N4O4. The highest BCUT2D eigenvalue weighted by atomic mass is 16.5. The summed E-state index contributed by atoms with van der Waals surface area (Å²) in [6.45, 7) is 1.38. The van der Waals surface area contributed by atoms with E-state index in [0.29, 0.717) is 43.1 Å². The van der Waals surface area contributed by atoms with Gasteiger partial charge in [-0.15, -0.1) is 0 Å². The molecule has 0 aliphatic carbocycles. The molecule has 0 fully saturated rings. The Hall–Kier alpha value is -3.29. The van der Waals surface area contributed by atoms with Crippen molar-refractivity contribution in [2.75, 3.05) is 34.9 Å². The molecule has 0 atom stereocenters. The van der Waals surface area contributed by atoms with E-state index in [-0.39, 0.29) is 11.9 Å². The topological polar surface area (TPSA) is 84.0 Å². The number of nitrogens with zero attached hydrogens (tertiary/aromatic N) is 3. The maximum Gasteiger partial charge on any atom is 0.319 e. The summed E-state index contributed by atoms with van der Waals surface area (Å²) in [4.78, 5) is 32.5. The quantitative estimate of drug-likeness (QED) is 0.834. The van der Waals surface area contributed by atoms with Crippen molar-refractivity contribution in [3.05, 3.63) is 52.8 Å². The molecule has 8 nitrogen and oxygen atoms in total. The predicted octanol–water partition coefficient (Wildman–Crippen LogP) is 2.07. The molecule has 1 aromatic carbocycles. The molecule has 3 amide bonds. The first-order chi connectivity index (χ1) is 13.9. The number of methoxy groups -OCH3 is 2. The van der Waals surface area contributed by atoms with E-state index in [2.05, 4.69) is 10.3 Å². The first-order valence-corrected chi connectivity index (χ1v) is 9.35. The minimum Gasteiger partial charge on any atom is -0.493 e. The van der Waals surface area contributed by atoms with Crippen LogP contribution in [0.5, 0.6) is 11.5 Å². The fraction of sp³-hybridized carbons (Fsp3) is 0.381. The van der Waals surface area contributed by atoms with Gasteiger partial charge in [0.15, 0.2) is 11.5 Å². The summed E-state index contributed by atoms with van der Waals surface area (Å²) < 4.78 is 10.5. The highest BCUT2D eigenvalue weighted by molar-refractivity contribution is 5.95. The number of hydrogen-bond donors (Lipinski definition) is 1. The lowest BCUT2D eigenvalue weighted by Gasteiger charge is -2.31. The average molecular weight is 398 g/mol. The zero-order valence-electron chi connectivity index (χ0n) is 17.2. The Bertz CT molecular complexity index is 914. The molecule has 0 radical (unpaired) electrons. The maximum absolute atomic E-state index is 12.8. The first-order valence-electron chi connectivity index (χ1n) is 9.35. The summed E-state index contributed by atoms with van der Waals surface area (Å²) in [5.41, 5.74) is 3.31. The molecule has 154 valence electrons. The van der Waals surface area contributed by atoms with Crippen LogP contribution in [-0.2, 0) is 19.5 Å². The number of benzene rings is 1. The van der Waals surface area contributed by atoms with Crippen LogP contribution in [0.4, 0.5) is 4.79 Å². The van der Waals surface area contributed by atoms with Crippen molar-refractivity contribution in [3.8, 4) is 11.5 Å². The largest absolute Gasteiger partial charge is 0.493 e. The number of amides is 3. The number of rotatable bonds is 5. The number of carbonyl (C=O) groups excluding carboxylic acids is 2. The third-order valence-electron chi connectivity index (χ3n) is 4.94. The lowest BCUT2D eigenvalue weighted by atomic mass is 9.97. The Kier molecular flexibility index (Phi) is 6.21. The molecule has 0 spiro atoms. The van der Waals surface area contributed by atoms with E-state index in [1.54, 1.807) is 50.5 Å². The number of nitrogens with one attached hydrogen (secondary N) is 1. The molecule has 0 saturated heterocycles. The van der Waals surface area contributed by atoms with Crippen LogP contribution in [0.1, 0.15) is 27.0 Å². The van der Waals surface area contributed by atoms with Gasteiger partial charge in [0.05, 0.1) is 19.8 Å². The van der Waals surface area contributed by atoms with Gasteiger partial charge in [0.1, 0.15) is 0 Å². The van der Waals surface area contributed by atoms with Crippen LogP contribution in [-0.4, -0.2) is 61.6 Å². The monoisotopic (exact) mass is 398 g/mol. The fourth-order valence-electron chi connectivity index (χ4n) is 3.40. The Labute approximate surface area is 170 Å². The molecule has 0 bridgehead atoms. The Morgan fingerprint density at radius 2 is 1.93 bits per heavy atom. The number of hydrogen-bond acceptors (Lipinski definition) is 5. The van der Waals surface area contributed by atoms with Gasteiger partial charge in [0.25, 0.3) is 5.91 Å². The van der Waals surface area contributed by atoms with Crippen LogP contribution in [0.2, 0.25) is 0 Å². The fourth-order valence-corrected chi connectivity index (χ4v) is 3.40. The van der Waals surface area contributed by atoms with E-state index in [9.17, 15) is 9.59 Å². The van der Waals surface area contributed by atoms with Crippen LogP contribution in [0.15, 0.2) is 30.6 Å². The van der Waals surface area contributed by atoms with Crippen LogP contribution < -0.4 is 14.8 Å². The molecule has 2 aromatic rings. The van der Waals surface area contributed by atoms with Crippen molar-refractivity contribution in [1.82, 2.24) is 20.1 Å². The smallest absolute Gasteiger partial charge is 0.319 e. The number of urea groups is 1. The molecule has 1 aliphatic heterocycles. The Balaban J connectivity index is 1.71. The second-order valence-electron chi connectivity index (χ2n) is 7.05. The van der Waals surface area contributed by atoms with Gasteiger partial charge in [-0.05, 0) is 35.2 Å². The molecule has 0 unspecified atom stereocenters. The third-order valence-corrected chi connectivity index (χ3v) is 4.94. The second-order valence-corrected chi connectivity index (χ2v) is 7.05. The number of aromatic nitrogens is 1. The second kappa shape index (κ2) is 8.81. The zero-order chi connectivity index (χ0) is 21.0. The number of fused-ring (bicyclic) bond motifs is 1. The van der Waals surface area contributed by atoms with E-state index in [0.717, 1.165) is 16.7 Å². The molecule has 2 heterocycles. The highest BCUT2D eigenvalue weighted by Crippen LogP contribution is 2.27. The molecule has 0 saturated carbocycles. The summed E-state index contributed by atoms with van der Waals surface area (Å²) in [5, 5.41) is 2.94. The summed E-state index contributed by atoms with van der Waals surface area (Å²) >= 11 is 0. The van der Waals surface area contributed by atoms with Gasteiger partial charge in [-0.3, -0.25) is 9.78 Å². The summed E-state index contributed by atoms with van der Waals surface area (Å²) in [7, 11) is 6.62. The van der Waals surface area contributed by atoms with Crippen molar-refractivity contribution >= 4 is 11.9 Å². The highest BCUT2D eigenvalue weighted by Gasteiger charge is 2.25. The molecule has 3 rings (SSSR count). The molecule has 1 N–H and O–H groups in total. The van der Waals surface area contributed by atoms with Gasteiger partial charge in [0.2, 0.25) is 0 Å². The molecule has 8 heteroatoms. The number of ether oxygens (including phenoxy) is 2. The van der Waals surface area contributed by atoms with E-state index in [1.807, 2.05) is 18.2 Å². The van der Waals surface area contributed by atoms with Gasteiger partial charge >= 0.3 is 6.03 Å². The van der Waals surface area contributed by atoms with Gasteiger partial charge < -0.3 is 24.6 Å². The van der Waals surface area contributed by atoms with Crippen LogP contribution in [0.3, 0.4) is 0 Å². The molecular weight excluding hydrogens is 372 g/mol. The molecule has 1 aromatic heterocycles. The van der Waals surface area contributed by atoms with Gasteiger partial charge in [-0.1, -0.05) is 6.07 Å². The molecule has 29 heavy (non-hydrogen) atoms. The van der Waals surface area contributed by atoms with E-state index < -0.39 is 0 Å².